The van der Waals surface area contributed by atoms with Crippen molar-refractivity contribution in [3.8, 4) is 0 Å². The van der Waals surface area contributed by atoms with Gasteiger partial charge in [0.05, 0.1) is 12.8 Å². The number of rotatable bonds is 3. The maximum Gasteiger partial charge on any atom is 0.434 e. The second-order valence-corrected chi connectivity index (χ2v) is 2.96. The summed E-state index contributed by atoms with van der Waals surface area (Å²) in [7, 11) is 2.88. The number of pyridine rings is 1. The van der Waals surface area contributed by atoms with Crippen molar-refractivity contribution in [2.24, 2.45) is 0 Å². The first-order chi connectivity index (χ1) is 7.15. The number of carbonyl (C=O) groups excluding carboxylic acids is 1. The van der Waals surface area contributed by atoms with Crippen LogP contribution < -0.4 is 0 Å². The summed E-state index contributed by atoms with van der Waals surface area (Å²) in [6.07, 6.45) is 0.714. The van der Waals surface area contributed by atoms with Gasteiger partial charge in [0.15, 0.2) is 0 Å². The topological polar surface area (TPSA) is 51.7 Å². The molecule has 0 fully saturated rings. The first-order valence-corrected chi connectivity index (χ1v) is 4.54. The van der Waals surface area contributed by atoms with Gasteiger partial charge in [-0.15, -0.1) is 0 Å². The van der Waals surface area contributed by atoms with Crippen LogP contribution in [0.15, 0.2) is 24.4 Å². The molecular formula is C10H14N2O3. The number of hydrogen-bond acceptors (Lipinski definition) is 4. The highest BCUT2D eigenvalue weighted by molar-refractivity contribution is 5.66. The predicted molar refractivity (Wildman–Crippen MR) is 53.9 cm³/mol. The zero-order chi connectivity index (χ0) is 11.3. The van der Waals surface area contributed by atoms with E-state index < -0.39 is 12.2 Å². The van der Waals surface area contributed by atoms with Crippen molar-refractivity contribution in [3.05, 3.63) is 30.1 Å². The van der Waals surface area contributed by atoms with Crippen molar-refractivity contribution in [2.45, 2.75) is 13.0 Å². The Hall–Kier alpha value is -1.62. The molecule has 15 heavy (non-hydrogen) atoms. The van der Waals surface area contributed by atoms with E-state index in [-0.39, 0.29) is 0 Å². The SMILES string of the molecule is CON(C)C(=O)OC(C)c1ccccn1. The van der Waals surface area contributed by atoms with Crippen LogP contribution >= 0.6 is 0 Å². The fourth-order valence-electron chi connectivity index (χ4n) is 0.977. The van der Waals surface area contributed by atoms with E-state index in [0.717, 1.165) is 5.06 Å². The lowest BCUT2D eigenvalue weighted by Crippen LogP contribution is -2.27. The van der Waals surface area contributed by atoms with E-state index in [4.69, 9.17) is 4.74 Å². The minimum absolute atomic E-state index is 0.392. The second kappa shape index (κ2) is 5.31. The Balaban J connectivity index is 2.56. The van der Waals surface area contributed by atoms with E-state index in [1.807, 2.05) is 6.07 Å². The highest BCUT2D eigenvalue weighted by Gasteiger charge is 2.15. The highest BCUT2D eigenvalue weighted by atomic mass is 16.7. The number of hydroxylamine groups is 2. The molecule has 1 atom stereocenters. The first kappa shape index (κ1) is 11.5. The third kappa shape index (κ3) is 3.21. The van der Waals surface area contributed by atoms with Crippen molar-refractivity contribution in [1.82, 2.24) is 10.0 Å². The molecule has 5 nitrogen and oxygen atoms in total. The van der Waals surface area contributed by atoms with E-state index in [2.05, 4.69) is 9.82 Å². The standard InChI is InChI=1S/C10H14N2O3/c1-8(9-6-4-5-7-11-9)15-10(13)12(2)14-3/h4-8H,1-3H3. The molecule has 1 aromatic heterocycles. The summed E-state index contributed by atoms with van der Waals surface area (Å²) in [4.78, 5) is 20.1. The summed E-state index contributed by atoms with van der Waals surface area (Å²) in [5.74, 6) is 0. The van der Waals surface area contributed by atoms with Crippen LogP contribution in [-0.4, -0.2) is 30.3 Å². The molecule has 0 saturated heterocycles. The number of amides is 1. The number of ether oxygens (including phenoxy) is 1. The number of nitrogens with zero attached hydrogens (tertiary/aromatic N) is 2. The minimum Gasteiger partial charge on any atom is -0.438 e. The summed E-state index contributed by atoms with van der Waals surface area (Å²) in [5, 5.41) is 1.01. The van der Waals surface area contributed by atoms with Gasteiger partial charge >= 0.3 is 6.09 Å². The average molecular weight is 210 g/mol. The van der Waals surface area contributed by atoms with Gasteiger partial charge in [0.1, 0.15) is 6.10 Å². The molecular weight excluding hydrogens is 196 g/mol. The fraction of sp³-hybridized carbons (Fsp3) is 0.400. The third-order valence-corrected chi connectivity index (χ3v) is 1.91. The summed E-state index contributed by atoms with van der Waals surface area (Å²) >= 11 is 0. The molecule has 0 aromatic carbocycles. The van der Waals surface area contributed by atoms with Crippen molar-refractivity contribution >= 4 is 6.09 Å². The van der Waals surface area contributed by atoms with Gasteiger partial charge in [-0.05, 0) is 19.1 Å². The monoisotopic (exact) mass is 210 g/mol. The van der Waals surface area contributed by atoms with Crippen LogP contribution in [0.3, 0.4) is 0 Å². The van der Waals surface area contributed by atoms with E-state index >= 15 is 0 Å². The molecule has 1 heterocycles. The van der Waals surface area contributed by atoms with Gasteiger partial charge in [0, 0.05) is 13.2 Å². The molecule has 0 aliphatic rings. The maximum atomic E-state index is 11.3. The minimum atomic E-state index is -0.546. The van der Waals surface area contributed by atoms with E-state index in [1.165, 1.54) is 14.2 Å². The van der Waals surface area contributed by atoms with Crippen molar-refractivity contribution in [2.75, 3.05) is 14.2 Å². The molecule has 0 aliphatic heterocycles. The van der Waals surface area contributed by atoms with Gasteiger partial charge < -0.3 is 4.74 Å². The largest absolute Gasteiger partial charge is 0.438 e. The summed E-state index contributed by atoms with van der Waals surface area (Å²) in [5.41, 5.74) is 0.704. The van der Waals surface area contributed by atoms with Crippen LogP contribution in [0.1, 0.15) is 18.7 Å². The Labute approximate surface area is 88.6 Å². The van der Waals surface area contributed by atoms with Gasteiger partial charge in [-0.25, -0.2) is 4.79 Å². The Morgan fingerprint density at radius 2 is 2.27 bits per heavy atom. The Morgan fingerprint density at radius 1 is 1.53 bits per heavy atom. The van der Waals surface area contributed by atoms with Gasteiger partial charge in [0.2, 0.25) is 0 Å². The smallest absolute Gasteiger partial charge is 0.434 e. The number of aromatic nitrogens is 1. The molecule has 1 amide bonds. The summed E-state index contributed by atoms with van der Waals surface area (Å²) < 4.78 is 5.09. The van der Waals surface area contributed by atoms with E-state index in [1.54, 1.807) is 25.3 Å². The van der Waals surface area contributed by atoms with Crippen LogP contribution in [0.5, 0.6) is 0 Å². The molecule has 0 saturated carbocycles. The lowest BCUT2D eigenvalue weighted by Gasteiger charge is -2.17. The maximum absolute atomic E-state index is 11.3. The van der Waals surface area contributed by atoms with Crippen LogP contribution in [0.2, 0.25) is 0 Å². The van der Waals surface area contributed by atoms with Gasteiger partial charge in [0.25, 0.3) is 0 Å². The molecule has 1 unspecified atom stereocenters. The molecule has 1 rings (SSSR count). The fourth-order valence-corrected chi connectivity index (χ4v) is 0.977. The van der Waals surface area contributed by atoms with Crippen molar-refractivity contribution in [1.29, 1.82) is 0 Å². The van der Waals surface area contributed by atoms with Crippen molar-refractivity contribution in [3.63, 3.8) is 0 Å². The zero-order valence-corrected chi connectivity index (χ0v) is 9.01. The molecule has 5 heteroatoms. The van der Waals surface area contributed by atoms with E-state index in [9.17, 15) is 4.79 Å². The van der Waals surface area contributed by atoms with E-state index in [0.29, 0.717) is 5.69 Å². The van der Waals surface area contributed by atoms with Gasteiger partial charge in [-0.3, -0.25) is 9.82 Å². The Bertz CT molecular complexity index is 316. The van der Waals surface area contributed by atoms with Crippen LogP contribution in [0.25, 0.3) is 0 Å². The first-order valence-electron chi connectivity index (χ1n) is 4.54. The van der Waals surface area contributed by atoms with Crippen LogP contribution in [-0.2, 0) is 9.57 Å². The molecule has 0 N–H and O–H groups in total. The quantitative estimate of drug-likeness (QED) is 0.713. The van der Waals surface area contributed by atoms with Crippen molar-refractivity contribution < 1.29 is 14.4 Å². The molecule has 0 aliphatic carbocycles. The zero-order valence-electron chi connectivity index (χ0n) is 9.01. The molecule has 82 valence electrons. The lowest BCUT2D eigenvalue weighted by atomic mass is 10.2. The number of hydrogen-bond donors (Lipinski definition) is 0. The number of carbonyl (C=O) groups is 1. The summed E-state index contributed by atoms with van der Waals surface area (Å²) in [6, 6.07) is 5.44. The summed E-state index contributed by atoms with van der Waals surface area (Å²) in [6.45, 7) is 1.75. The average Bonchev–Trinajstić information content (AvgIpc) is 2.29. The molecule has 0 radical (unpaired) electrons. The Morgan fingerprint density at radius 3 is 2.80 bits per heavy atom. The molecule has 0 spiro atoms. The van der Waals surface area contributed by atoms with Crippen LogP contribution in [0, 0.1) is 0 Å². The second-order valence-electron chi connectivity index (χ2n) is 2.96. The third-order valence-electron chi connectivity index (χ3n) is 1.91. The normalized spacial score (nSPS) is 11.9. The predicted octanol–water partition coefficient (Wildman–Crippen LogP) is 1.77. The lowest BCUT2D eigenvalue weighted by molar-refractivity contribution is -0.0973. The highest BCUT2D eigenvalue weighted by Crippen LogP contribution is 2.14. The van der Waals surface area contributed by atoms with Gasteiger partial charge in [-0.1, -0.05) is 6.07 Å². The Kier molecular flexibility index (Phi) is 4.05. The van der Waals surface area contributed by atoms with Crippen LogP contribution in [0.4, 0.5) is 4.79 Å². The molecule has 0 bridgehead atoms. The molecule has 1 aromatic rings. The van der Waals surface area contributed by atoms with Gasteiger partial charge in [-0.2, -0.15) is 5.06 Å².